The Hall–Kier alpha value is -3.40. The molecule has 9 nitrogen and oxygen atoms in total. The predicted molar refractivity (Wildman–Crippen MR) is 95.5 cm³/mol. The normalized spacial score (nSPS) is 10.5. The number of rotatable bonds is 5. The summed E-state index contributed by atoms with van der Waals surface area (Å²) in [6.07, 6.45) is 1.06. The summed E-state index contributed by atoms with van der Waals surface area (Å²) in [6, 6.07) is 10.2. The zero-order valence-corrected chi connectivity index (χ0v) is 14.4. The van der Waals surface area contributed by atoms with Gasteiger partial charge in [0.15, 0.2) is 5.13 Å². The van der Waals surface area contributed by atoms with E-state index in [1.807, 2.05) is 31.2 Å². The van der Waals surface area contributed by atoms with Crippen molar-refractivity contribution in [2.24, 2.45) is 0 Å². The van der Waals surface area contributed by atoms with Crippen molar-refractivity contribution >= 4 is 27.4 Å². The van der Waals surface area contributed by atoms with Gasteiger partial charge in [-0.05, 0) is 29.9 Å². The van der Waals surface area contributed by atoms with E-state index in [-0.39, 0.29) is 27.9 Å². The molecule has 0 radical (unpaired) electrons. The number of benzene rings is 1. The standard InChI is InChI=1S/C16H13N5O4S/c1-10-2-4-11(5-3-10)9-20-13(22)7-6-12(19-20)15(23)18-16-17-8-14(26-16)21(24)25/h2-8H,9H2,1H3,(H,17,18,23). The maximum atomic E-state index is 12.3. The van der Waals surface area contributed by atoms with Gasteiger partial charge in [-0.1, -0.05) is 29.8 Å². The molecular formula is C16H13N5O4S. The van der Waals surface area contributed by atoms with Crippen LogP contribution >= 0.6 is 11.3 Å². The smallest absolute Gasteiger partial charge is 0.296 e. The lowest BCUT2D eigenvalue weighted by molar-refractivity contribution is -0.380. The second-order valence-corrected chi connectivity index (χ2v) is 6.42. The third kappa shape index (κ3) is 3.98. The topological polar surface area (TPSA) is 120 Å². The number of nitro groups is 1. The Morgan fingerprint density at radius 3 is 2.65 bits per heavy atom. The largest absolute Gasteiger partial charge is 0.345 e. The van der Waals surface area contributed by atoms with Gasteiger partial charge in [0.2, 0.25) is 0 Å². The molecule has 0 aliphatic rings. The molecule has 0 saturated heterocycles. The van der Waals surface area contributed by atoms with Crippen LogP contribution < -0.4 is 10.9 Å². The fraction of sp³-hybridized carbons (Fsp3) is 0.125. The summed E-state index contributed by atoms with van der Waals surface area (Å²) in [6.45, 7) is 2.19. The van der Waals surface area contributed by atoms with Crippen LogP contribution in [0.1, 0.15) is 21.6 Å². The molecule has 10 heteroatoms. The second kappa shape index (κ2) is 7.23. The SMILES string of the molecule is Cc1ccc(Cn2nc(C(=O)Nc3ncc([N+](=O)[O-])s3)ccc2=O)cc1. The predicted octanol–water partition coefficient (Wildman–Crippen LogP) is 2.22. The molecule has 132 valence electrons. The quantitative estimate of drug-likeness (QED) is 0.542. The Kier molecular flexibility index (Phi) is 4.85. The molecule has 3 rings (SSSR count). The molecule has 2 aromatic heterocycles. The first-order valence-corrected chi connectivity index (χ1v) is 8.29. The number of anilines is 1. The maximum Gasteiger partial charge on any atom is 0.345 e. The molecular weight excluding hydrogens is 358 g/mol. The van der Waals surface area contributed by atoms with Gasteiger partial charge in [0.25, 0.3) is 11.5 Å². The van der Waals surface area contributed by atoms with Crippen molar-refractivity contribution in [2.75, 3.05) is 5.32 Å². The van der Waals surface area contributed by atoms with E-state index >= 15 is 0 Å². The molecule has 0 aliphatic carbocycles. The molecule has 3 aromatic rings. The lowest BCUT2D eigenvalue weighted by Crippen LogP contribution is -2.26. The Morgan fingerprint density at radius 2 is 2.00 bits per heavy atom. The van der Waals surface area contributed by atoms with E-state index in [1.54, 1.807) is 0 Å². The van der Waals surface area contributed by atoms with Gasteiger partial charge < -0.3 is 0 Å². The molecule has 0 spiro atoms. The van der Waals surface area contributed by atoms with E-state index in [4.69, 9.17) is 0 Å². The van der Waals surface area contributed by atoms with E-state index in [1.165, 1.54) is 16.8 Å². The van der Waals surface area contributed by atoms with Crippen LogP contribution in [0.5, 0.6) is 0 Å². The van der Waals surface area contributed by atoms with Gasteiger partial charge in [0.05, 0.1) is 11.5 Å². The van der Waals surface area contributed by atoms with E-state index in [0.717, 1.165) is 28.7 Å². The number of hydrogen-bond donors (Lipinski definition) is 1. The minimum absolute atomic E-state index is 0.00886. The second-order valence-electron chi connectivity index (χ2n) is 5.41. The number of thiazole rings is 1. The van der Waals surface area contributed by atoms with E-state index in [2.05, 4.69) is 15.4 Å². The summed E-state index contributed by atoms with van der Waals surface area (Å²) in [5.74, 6) is -0.605. The summed E-state index contributed by atoms with van der Waals surface area (Å²) in [4.78, 5) is 38.1. The minimum Gasteiger partial charge on any atom is -0.296 e. The minimum atomic E-state index is -0.605. The van der Waals surface area contributed by atoms with Crippen LogP contribution in [-0.4, -0.2) is 25.6 Å². The fourth-order valence-electron chi connectivity index (χ4n) is 2.12. The molecule has 0 bridgehead atoms. The fourth-order valence-corrected chi connectivity index (χ4v) is 2.75. The summed E-state index contributed by atoms with van der Waals surface area (Å²) in [7, 11) is 0. The number of carbonyl (C=O) groups excluding carboxylic acids is 1. The zero-order chi connectivity index (χ0) is 18.7. The highest BCUT2D eigenvalue weighted by Crippen LogP contribution is 2.25. The summed E-state index contributed by atoms with van der Waals surface area (Å²) >= 11 is 0.737. The number of carbonyl (C=O) groups is 1. The maximum absolute atomic E-state index is 12.3. The van der Waals surface area contributed by atoms with Crippen LogP contribution in [0.4, 0.5) is 10.1 Å². The highest BCUT2D eigenvalue weighted by atomic mass is 32.1. The van der Waals surface area contributed by atoms with Crippen LogP contribution in [0.2, 0.25) is 0 Å². The third-order valence-corrected chi connectivity index (χ3v) is 4.31. The average molecular weight is 371 g/mol. The average Bonchev–Trinajstić information content (AvgIpc) is 3.07. The highest BCUT2D eigenvalue weighted by molar-refractivity contribution is 7.18. The Bertz CT molecular complexity index is 1030. The Morgan fingerprint density at radius 1 is 1.27 bits per heavy atom. The van der Waals surface area contributed by atoms with Gasteiger partial charge in [-0.15, -0.1) is 0 Å². The molecule has 0 atom stereocenters. The Balaban J connectivity index is 1.79. The first-order valence-electron chi connectivity index (χ1n) is 7.47. The number of aromatic nitrogens is 3. The molecule has 1 amide bonds. The van der Waals surface area contributed by atoms with Gasteiger partial charge in [0, 0.05) is 6.07 Å². The van der Waals surface area contributed by atoms with Crippen LogP contribution in [0.3, 0.4) is 0 Å². The number of aryl methyl sites for hydroxylation is 1. The molecule has 26 heavy (non-hydrogen) atoms. The van der Waals surface area contributed by atoms with Crippen molar-refractivity contribution in [1.29, 1.82) is 0 Å². The molecule has 0 fully saturated rings. The van der Waals surface area contributed by atoms with Crippen LogP contribution in [0, 0.1) is 17.0 Å². The molecule has 2 heterocycles. The van der Waals surface area contributed by atoms with Gasteiger partial charge in [0.1, 0.15) is 11.9 Å². The van der Waals surface area contributed by atoms with E-state index < -0.39 is 10.8 Å². The first kappa shape index (κ1) is 17.4. The van der Waals surface area contributed by atoms with Crippen molar-refractivity contribution in [2.45, 2.75) is 13.5 Å². The summed E-state index contributed by atoms with van der Waals surface area (Å²) in [5.41, 5.74) is 1.64. The van der Waals surface area contributed by atoms with Gasteiger partial charge in [-0.3, -0.25) is 25.0 Å². The van der Waals surface area contributed by atoms with Crippen LogP contribution in [0.25, 0.3) is 0 Å². The van der Waals surface area contributed by atoms with Crippen LogP contribution in [-0.2, 0) is 6.54 Å². The third-order valence-electron chi connectivity index (χ3n) is 3.45. The van der Waals surface area contributed by atoms with Crippen LogP contribution in [0.15, 0.2) is 47.4 Å². The number of nitrogens with zero attached hydrogens (tertiary/aromatic N) is 4. The lowest BCUT2D eigenvalue weighted by Gasteiger charge is -2.07. The molecule has 0 saturated carbocycles. The number of nitrogens with one attached hydrogen (secondary N) is 1. The van der Waals surface area contributed by atoms with Gasteiger partial charge in [-0.2, -0.15) is 5.10 Å². The highest BCUT2D eigenvalue weighted by Gasteiger charge is 2.16. The molecule has 0 unspecified atom stereocenters. The lowest BCUT2D eigenvalue weighted by atomic mass is 10.1. The van der Waals surface area contributed by atoms with E-state index in [0.29, 0.717) is 0 Å². The summed E-state index contributed by atoms with van der Waals surface area (Å²) in [5, 5.41) is 17.1. The van der Waals surface area contributed by atoms with Crippen molar-refractivity contribution in [3.8, 4) is 0 Å². The van der Waals surface area contributed by atoms with Crippen molar-refractivity contribution in [3.63, 3.8) is 0 Å². The molecule has 1 aromatic carbocycles. The van der Waals surface area contributed by atoms with Crippen molar-refractivity contribution in [1.82, 2.24) is 14.8 Å². The zero-order valence-electron chi connectivity index (χ0n) is 13.6. The number of hydrogen-bond acceptors (Lipinski definition) is 7. The van der Waals surface area contributed by atoms with Gasteiger partial charge >= 0.3 is 5.00 Å². The van der Waals surface area contributed by atoms with E-state index in [9.17, 15) is 19.7 Å². The monoisotopic (exact) mass is 371 g/mol. The van der Waals surface area contributed by atoms with Crippen molar-refractivity contribution in [3.05, 3.63) is 79.9 Å². The molecule has 0 aliphatic heterocycles. The first-order chi connectivity index (χ1) is 12.4. The molecule has 1 N–H and O–H groups in total. The summed E-state index contributed by atoms with van der Waals surface area (Å²) < 4.78 is 1.18. The van der Waals surface area contributed by atoms with Crippen molar-refractivity contribution < 1.29 is 9.72 Å². The number of amides is 1. The Labute approximate surface area is 151 Å². The van der Waals surface area contributed by atoms with Gasteiger partial charge in [-0.25, -0.2) is 9.67 Å².